The lowest BCUT2D eigenvalue weighted by atomic mass is 9.80. The maximum absolute atomic E-state index is 12.1. The lowest BCUT2D eigenvalue weighted by molar-refractivity contribution is -0.146. The second-order valence-corrected chi connectivity index (χ2v) is 7.36. The number of carbonyl (C=O) groups is 2. The molecule has 1 aliphatic heterocycles. The molecule has 0 N–H and O–H groups in total. The molecule has 3 fully saturated rings. The van der Waals surface area contributed by atoms with Crippen LogP contribution in [0.2, 0.25) is 0 Å². The minimum Gasteiger partial charge on any atom is -0.461 e. The van der Waals surface area contributed by atoms with Crippen molar-refractivity contribution in [2.45, 2.75) is 52.2 Å². The van der Waals surface area contributed by atoms with Crippen LogP contribution in [0.5, 0.6) is 0 Å². The molecule has 0 radical (unpaired) electrons. The van der Waals surface area contributed by atoms with Crippen LogP contribution in [0, 0.1) is 23.7 Å². The van der Waals surface area contributed by atoms with Crippen molar-refractivity contribution in [2.24, 2.45) is 23.7 Å². The standard InChI is InChI=1S/C20H26O4/c1-6-10(2)19(21)23-16-9-15-11(3)7-8-14-12(4)20(22)24-18(14)17(15)13(16)5/h6,12,14-18H,3,5,7-9H2,1-2,4H3. The molecule has 0 amide bonds. The van der Waals surface area contributed by atoms with Crippen molar-refractivity contribution >= 4 is 11.9 Å². The topological polar surface area (TPSA) is 52.6 Å². The number of carbonyl (C=O) groups excluding carboxylic acids is 2. The van der Waals surface area contributed by atoms with E-state index in [1.165, 1.54) is 5.57 Å². The third-order valence-corrected chi connectivity index (χ3v) is 6.11. The molecule has 0 bridgehead atoms. The van der Waals surface area contributed by atoms with Gasteiger partial charge in [-0.05, 0) is 44.6 Å². The number of hydrogen-bond donors (Lipinski definition) is 0. The summed E-state index contributed by atoms with van der Waals surface area (Å²) in [5.74, 6) is -0.112. The highest BCUT2D eigenvalue weighted by Crippen LogP contribution is 2.52. The fraction of sp³-hybridized carbons (Fsp3) is 0.600. The van der Waals surface area contributed by atoms with E-state index >= 15 is 0 Å². The molecule has 0 spiro atoms. The van der Waals surface area contributed by atoms with Gasteiger partial charge in [-0.15, -0.1) is 0 Å². The normalized spacial score (nSPS) is 39.1. The fourth-order valence-electron chi connectivity index (χ4n) is 4.41. The number of ether oxygens (including phenoxy) is 2. The van der Waals surface area contributed by atoms with Gasteiger partial charge in [-0.1, -0.05) is 31.7 Å². The van der Waals surface area contributed by atoms with Gasteiger partial charge in [0, 0.05) is 17.4 Å². The van der Waals surface area contributed by atoms with E-state index in [4.69, 9.17) is 9.47 Å². The van der Waals surface area contributed by atoms with Gasteiger partial charge < -0.3 is 9.47 Å². The van der Waals surface area contributed by atoms with Crippen LogP contribution < -0.4 is 0 Å². The first-order valence-electron chi connectivity index (χ1n) is 8.75. The zero-order valence-corrected chi connectivity index (χ0v) is 14.7. The van der Waals surface area contributed by atoms with E-state index in [0.29, 0.717) is 12.0 Å². The number of rotatable bonds is 2. The van der Waals surface area contributed by atoms with Crippen LogP contribution in [0.15, 0.2) is 36.0 Å². The van der Waals surface area contributed by atoms with Crippen LogP contribution in [0.1, 0.15) is 40.0 Å². The molecule has 6 unspecified atom stereocenters. The maximum atomic E-state index is 12.1. The SMILES string of the molecule is C=C1CCC2C(C)C(=O)OC2C2C(=C)C(OC(=O)C(C)=CC)CC12. The number of fused-ring (bicyclic) bond motifs is 3. The lowest BCUT2D eigenvalue weighted by Gasteiger charge is -2.26. The van der Waals surface area contributed by atoms with Crippen molar-refractivity contribution in [3.8, 4) is 0 Å². The van der Waals surface area contributed by atoms with Crippen LogP contribution in [-0.4, -0.2) is 24.1 Å². The van der Waals surface area contributed by atoms with Crippen LogP contribution in [0.25, 0.3) is 0 Å². The van der Waals surface area contributed by atoms with Gasteiger partial charge in [0.15, 0.2) is 0 Å². The van der Waals surface area contributed by atoms with E-state index in [2.05, 4.69) is 13.2 Å². The predicted molar refractivity (Wildman–Crippen MR) is 91.0 cm³/mol. The Balaban J connectivity index is 1.85. The van der Waals surface area contributed by atoms with Gasteiger partial charge >= 0.3 is 11.9 Å². The van der Waals surface area contributed by atoms with Gasteiger partial charge in [0.2, 0.25) is 0 Å². The summed E-state index contributed by atoms with van der Waals surface area (Å²) < 4.78 is 11.4. The number of hydrogen-bond acceptors (Lipinski definition) is 4. The Hall–Kier alpha value is -1.84. The van der Waals surface area contributed by atoms with Gasteiger partial charge in [0.05, 0.1) is 5.92 Å². The number of esters is 2. The molecule has 130 valence electrons. The molecular weight excluding hydrogens is 304 g/mol. The second-order valence-electron chi connectivity index (χ2n) is 7.36. The summed E-state index contributed by atoms with van der Waals surface area (Å²) in [7, 11) is 0. The predicted octanol–water partition coefficient (Wildman–Crippen LogP) is 3.58. The van der Waals surface area contributed by atoms with Crippen molar-refractivity contribution in [1.29, 1.82) is 0 Å². The van der Waals surface area contributed by atoms with E-state index in [-0.39, 0.29) is 47.8 Å². The molecule has 2 saturated carbocycles. The first-order chi connectivity index (χ1) is 11.3. The van der Waals surface area contributed by atoms with Gasteiger partial charge in [-0.3, -0.25) is 4.79 Å². The first kappa shape index (κ1) is 17.0. The van der Waals surface area contributed by atoms with E-state index in [1.54, 1.807) is 13.0 Å². The largest absolute Gasteiger partial charge is 0.461 e. The minimum absolute atomic E-state index is 0.0163. The zero-order chi connectivity index (χ0) is 17.6. The van der Waals surface area contributed by atoms with Crippen LogP contribution in [-0.2, 0) is 19.1 Å². The van der Waals surface area contributed by atoms with E-state index in [9.17, 15) is 9.59 Å². The van der Waals surface area contributed by atoms with Crippen molar-refractivity contribution < 1.29 is 19.1 Å². The first-order valence-corrected chi connectivity index (χ1v) is 8.75. The van der Waals surface area contributed by atoms with Gasteiger partial charge in [0.25, 0.3) is 0 Å². The highest BCUT2D eigenvalue weighted by atomic mass is 16.6. The minimum atomic E-state index is -0.326. The third kappa shape index (κ3) is 2.62. The summed E-state index contributed by atoms with van der Waals surface area (Å²) in [6, 6.07) is 0. The van der Waals surface area contributed by atoms with E-state index < -0.39 is 0 Å². The molecule has 3 aliphatic rings. The Bertz CT molecular complexity index is 630. The molecule has 0 aromatic rings. The monoisotopic (exact) mass is 330 g/mol. The quantitative estimate of drug-likeness (QED) is 0.441. The summed E-state index contributed by atoms with van der Waals surface area (Å²) in [5, 5.41) is 0. The smallest absolute Gasteiger partial charge is 0.333 e. The van der Waals surface area contributed by atoms with Crippen LogP contribution in [0.3, 0.4) is 0 Å². The highest BCUT2D eigenvalue weighted by Gasteiger charge is 2.54. The second kappa shape index (κ2) is 6.23. The Morgan fingerprint density at radius 2 is 2.08 bits per heavy atom. The zero-order valence-electron chi connectivity index (χ0n) is 14.7. The Kier molecular flexibility index (Phi) is 4.41. The molecule has 0 aromatic carbocycles. The Labute approximate surface area is 143 Å². The van der Waals surface area contributed by atoms with Crippen molar-refractivity contribution in [1.82, 2.24) is 0 Å². The van der Waals surface area contributed by atoms with E-state index in [0.717, 1.165) is 18.4 Å². The van der Waals surface area contributed by atoms with Crippen LogP contribution >= 0.6 is 0 Å². The summed E-state index contributed by atoms with van der Waals surface area (Å²) in [4.78, 5) is 24.2. The van der Waals surface area contributed by atoms with Gasteiger partial charge in [0.1, 0.15) is 12.2 Å². The number of allylic oxidation sites excluding steroid dienone is 2. The molecule has 24 heavy (non-hydrogen) atoms. The molecule has 4 heteroatoms. The van der Waals surface area contributed by atoms with Gasteiger partial charge in [-0.25, -0.2) is 4.79 Å². The average Bonchev–Trinajstić information content (AvgIpc) is 2.97. The Morgan fingerprint density at radius 1 is 1.38 bits per heavy atom. The maximum Gasteiger partial charge on any atom is 0.333 e. The molecule has 3 rings (SSSR count). The van der Waals surface area contributed by atoms with E-state index in [1.807, 2.05) is 13.8 Å². The third-order valence-electron chi connectivity index (χ3n) is 6.11. The molecule has 2 aliphatic carbocycles. The van der Waals surface area contributed by atoms with Gasteiger partial charge in [-0.2, -0.15) is 0 Å². The summed E-state index contributed by atoms with van der Waals surface area (Å²) in [6.07, 6.45) is 3.78. The van der Waals surface area contributed by atoms with Crippen molar-refractivity contribution in [3.05, 3.63) is 36.0 Å². The molecule has 1 saturated heterocycles. The van der Waals surface area contributed by atoms with Crippen LogP contribution in [0.4, 0.5) is 0 Å². The molecule has 0 aromatic heterocycles. The van der Waals surface area contributed by atoms with Crippen molar-refractivity contribution in [2.75, 3.05) is 0 Å². The molecule has 4 nitrogen and oxygen atoms in total. The Morgan fingerprint density at radius 3 is 2.75 bits per heavy atom. The summed E-state index contributed by atoms with van der Waals surface area (Å²) in [6.45, 7) is 14.0. The molecular formula is C20H26O4. The highest BCUT2D eigenvalue weighted by molar-refractivity contribution is 5.88. The summed E-state index contributed by atoms with van der Waals surface area (Å²) >= 11 is 0. The molecule has 1 heterocycles. The van der Waals surface area contributed by atoms with Crippen molar-refractivity contribution in [3.63, 3.8) is 0 Å². The summed E-state index contributed by atoms with van der Waals surface area (Å²) in [5.41, 5.74) is 2.63. The average molecular weight is 330 g/mol. The molecule has 6 atom stereocenters. The lowest BCUT2D eigenvalue weighted by Crippen LogP contribution is -2.30. The fourth-order valence-corrected chi connectivity index (χ4v) is 4.41.